The Morgan fingerprint density at radius 1 is 0.822 bits per heavy atom. The normalized spacial score (nSPS) is 13.5. The summed E-state index contributed by atoms with van der Waals surface area (Å²) in [5, 5.41) is 9.36. The van der Waals surface area contributed by atoms with Crippen LogP contribution in [-0.2, 0) is 6.54 Å². The lowest BCUT2D eigenvalue weighted by Gasteiger charge is -2.34. The molecule has 10 nitrogen and oxygen atoms in total. The van der Waals surface area contributed by atoms with Crippen molar-refractivity contribution in [3.63, 3.8) is 0 Å². The summed E-state index contributed by atoms with van der Waals surface area (Å²) in [7, 11) is 0. The topological polar surface area (TPSA) is 130 Å². The van der Waals surface area contributed by atoms with Crippen LogP contribution in [0.25, 0.3) is 39.5 Å². The van der Waals surface area contributed by atoms with Crippen molar-refractivity contribution in [3.8, 4) is 34.4 Å². The fraction of sp³-hybridized carbons (Fsp3) is 0.143. The van der Waals surface area contributed by atoms with Crippen LogP contribution >= 0.6 is 0 Å². The van der Waals surface area contributed by atoms with E-state index in [0.29, 0.717) is 30.3 Å². The third kappa shape index (κ3) is 5.48. The van der Waals surface area contributed by atoms with Crippen molar-refractivity contribution in [2.75, 3.05) is 31.9 Å². The Bertz CT molecular complexity index is 2040. The van der Waals surface area contributed by atoms with Gasteiger partial charge in [0.05, 0.1) is 16.8 Å². The zero-order valence-corrected chi connectivity index (χ0v) is 24.4. The van der Waals surface area contributed by atoms with Gasteiger partial charge in [-0.3, -0.25) is 14.3 Å². The molecule has 0 radical (unpaired) electrons. The number of nitrogen functional groups attached to an aromatic ring is 1. The van der Waals surface area contributed by atoms with Crippen LogP contribution in [0.3, 0.4) is 0 Å². The second-order valence-electron chi connectivity index (χ2n) is 10.9. The summed E-state index contributed by atoms with van der Waals surface area (Å²) in [6.07, 6.45) is 3.22. The van der Waals surface area contributed by atoms with Crippen molar-refractivity contribution < 1.29 is 4.79 Å². The zero-order chi connectivity index (χ0) is 30.8. The van der Waals surface area contributed by atoms with E-state index >= 15 is 0 Å². The molecule has 5 heterocycles. The number of benzene rings is 2. The van der Waals surface area contributed by atoms with Gasteiger partial charge in [-0.15, -0.1) is 0 Å². The molecule has 0 unspecified atom stereocenters. The molecule has 6 aromatic rings. The minimum atomic E-state index is -0.196. The minimum absolute atomic E-state index is 0.196. The van der Waals surface area contributed by atoms with Crippen molar-refractivity contribution in [1.82, 2.24) is 34.3 Å². The van der Waals surface area contributed by atoms with Crippen LogP contribution in [0.2, 0.25) is 0 Å². The van der Waals surface area contributed by atoms with Gasteiger partial charge >= 0.3 is 0 Å². The van der Waals surface area contributed by atoms with E-state index in [1.54, 1.807) is 29.4 Å². The molecule has 0 atom stereocenters. The van der Waals surface area contributed by atoms with Crippen LogP contribution in [0, 0.1) is 11.3 Å². The molecule has 45 heavy (non-hydrogen) atoms. The molecule has 1 fully saturated rings. The predicted molar refractivity (Wildman–Crippen MR) is 172 cm³/mol. The van der Waals surface area contributed by atoms with Crippen LogP contribution in [0.1, 0.15) is 21.6 Å². The van der Waals surface area contributed by atoms with Crippen molar-refractivity contribution in [3.05, 3.63) is 120 Å². The average Bonchev–Trinajstić information content (AvgIpc) is 3.48. The molecule has 0 saturated carbocycles. The lowest BCUT2D eigenvalue weighted by molar-refractivity contribution is 0.0622. The number of carbonyl (C=O) groups excluding carboxylic acids is 1. The molecular weight excluding hydrogens is 562 g/mol. The summed E-state index contributed by atoms with van der Waals surface area (Å²) in [6, 6.07) is 31.6. The number of hydrogen-bond donors (Lipinski definition) is 1. The van der Waals surface area contributed by atoms with E-state index in [4.69, 9.17) is 15.7 Å². The van der Waals surface area contributed by atoms with Gasteiger partial charge in [-0.2, -0.15) is 5.26 Å². The van der Waals surface area contributed by atoms with Crippen LogP contribution in [0.4, 0.5) is 5.82 Å². The lowest BCUT2D eigenvalue weighted by atomic mass is 10.1. The number of nitrogens with zero attached hydrogens (tertiary/aromatic N) is 8. The quantitative estimate of drug-likeness (QED) is 0.288. The Morgan fingerprint density at radius 2 is 1.58 bits per heavy atom. The number of anilines is 1. The SMILES string of the molecule is N#Cc1cccnc1C(=O)N1CCN(Cc2ccc(-n3c(-c4cccnc4N)nc4ccc(-c5ccccc5)nc43)cc2)CC1. The van der Waals surface area contributed by atoms with Crippen LogP contribution in [-0.4, -0.2) is 66.4 Å². The summed E-state index contributed by atoms with van der Waals surface area (Å²) < 4.78 is 2.04. The Hall–Kier alpha value is -5.92. The molecule has 2 aromatic carbocycles. The first-order valence-corrected chi connectivity index (χ1v) is 14.7. The van der Waals surface area contributed by atoms with Gasteiger partial charge < -0.3 is 10.6 Å². The number of pyridine rings is 3. The number of carbonyl (C=O) groups is 1. The van der Waals surface area contributed by atoms with Crippen LogP contribution in [0.15, 0.2) is 103 Å². The largest absolute Gasteiger partial charge is 0.383 e. The smallest absolute Gasteiger partial charge is 0.273 e. The number of imidazole rings is 1. The van der Waals surface area contributed by atoms with E-state index in [1.165, 1.54) is 0 Å². The van der Waals surface area contributed by atoms with E-state index in [-0.39, 0.29) is 11.6 Å². The molecule has 1 aliphatic heterocycles. The van der Waals surface area contributed by atoms with E-state index in [0.717, 1.165) is 58.9 Å². The summed E-state index contributed by atoms with van der Waals surface area (Å²) in [5.41, 5.74) is 13.0. The van der Waals surface area contributed by atoms with Crippen molar-refractivity contribution in [2.45, 2.75) is 6.54 Å². The third-order valence-corrected chi connectivity index (χ3v) is 8.04. The number of piperazine rings is 1. The Balaban J connectivity index is 1.14. The Labute approximate surface area is 260 Å². The van der Waals surface area contributed by atoms with Crippen LogP contribution in [0.5, 0.6) is 0 Å². The predicted octanol–water partition coefficient (Wildman–Crippen LogP) is 4.96. The number of fused-ring (bicyclic) bond motifs is 1. The average molecular weight is 592 g/mol. The zero-order valence-electron chi connectivity index (χ0n) is 24.4. The van der Waals surface area contributed by atoms with E-state index < -0.39 is 0 Å². The molecule has 7 rings (SSSR count). The third-order valence-electron chi connectivity index (χ3n) is 8.04. The number of hydrogen-bond acceptors (Lipinski definition) is 8. The standard InChI is InChI=1S/C35H29N9O/c36-22-26-8-4-16-38-31(26)35(45)43-20-18-42(19-21-43)23-24-10-12-27(13-11-24)44-33(28-9-5-17-39-32(28)37)41-30-15-14-29(40-34(30)44)25-6-2-1-3-7-25/h1-17H,18-21,23H2,(H2,37,39). The monoisotopic (exact) mass is 591 g/mol. The maximum Gasteiger partial charge on any atom is 0.273 e. The molecule has 220 valence electrons. The number of nitrogens with two attached hydrogens (primary N) is 1. The highest BCUT2D eigenvalue weighted by Gasteiger charge is 2.25. The number of aromatic nitrogens is 5. The Morgan fingerprint density at radius 3 is 2.33 bits per heavy atom. The highest BCUT2D eigenvalue weighted by Crippen LogP contribution is 2.32. The van der Waals surface area contributed by atoms with Gasteiger partial charge in [0, 0.05) is 56.4 Å². The van der Waals surface area contributed by atoms with Crippen LogP contribution < -0.4 is 5.73 Å². The van der Waals surface area contributed by atoms with Gasteiger partial charge in [0.1, 0.15) is 23.1 Å². The molecule has 0 spiro atoms. The fourth-order valence-electron chi connectivity index (χ4n) is 5.69. The summed E-state index contributed by atoms with van der Waals surface area (Å²) >= 11 is 0. The van der Waals surface area contributed by atoms with Gasteiger partial charge in [-0.25, -0.2) is 19.9 Å². The van der Waals surface area contributed by atoms with Gasteiger partial charge in [0.2, 0.25) is 0 Å². The van der Waals surface area contributed by atoms with E-state index in [1.807, 2.05) is 59.2 Å². The number of amides is 1. The molecule has 4 aromatic heterocycles. The summed E-state index contributed by atoms with van der Waals surface area (Å²) in [6.45, 7) is 3.35. The second-order valence-corrected chi connectivity index (χ2v) is 10.9. The molecule has 0 bridgehead atoms. The van der Waals surface area contributed by atoms with Crippen molar-refractivity contribution >= 4 is 22.9 Å². The number of nitriles is 1. The van der Waals surface area contributed by atoms with Gasteiger partial charge in [-0.05, 0) is 54.1 Å². The maximum absolute atomic E-state index is 13.0. The lowest BCUT2D eigenvalue weighted by Crippen LogP contribution is -2.48. The second kappa shape index (κ2) is 12.0. The number of rotatable bonds is 6. The summed E-state index contributed by atoms with van der Waals surface area (Å²) in [4.78, 5) is 35.6. The van der Waals surface area contributed by atoms with E-state index in [2.05, 4.69) is 45.2 Å². The van der Waals surface area contributed by atoms with Crippen molar-refractivity contribution in [2.24, 2.45) is 0 Å². The van der Waals surface area contributed by atoms with E-state index in [9.17, 15) is 10.1 Å². The van der Waals surface area contributed by atoms with Gasteiger partial charge in [0.25, 0.3) is 5.91 Å². The molecule has 1 aliphatic rings. The highest BCUT2D eigenvalue weighted by molar-refractivity contribution is 5.94. The van der Waals surface area contributed by atoms with Gasteiger partial charge in [0.15, 0.2) is 11.5 Å². The Kier molecular flexibility index (Phi) is 7.43. The van der Waals surface area contributed by atoms with Gasteiger partial charge in [-0.1, -0.05) is 42.5 Å². The first-order chi connectivity index (χ1) is 22.1. The first-order valence-electron chi connectivity index (χ1n) is 14.7. The molecule has 0 aliphatic carbocycles. The molecule has 2 N–H and O–H groups in total. The highest BCUT2D eigenvalue weighted by atomic mass is 16.2. The maximum atomic E-state index is 13.0. The minimum Gasteiger partial charge on any atom is -0.383 e. The molecule has 1 amide bonds. The first kappa shape index (κ1) is 27.9. The van der Waals surface area contributed by atoms with Crippen molar-refractivity contribution in [1.29, 1.82) is 5.26 Å². The fourth-order valence-corrected chi connectivity index (χ4v) is 5.69. The molecule has 10 heteroatoms. The molecular formula is C35H29N9O. The summed E-state index contributed by atoms with van der Waals surface area (Å²) in [5.74, 6) is 0.880. The molecule has 1 saturated heterocycles.